The first-order chi connectivity index (χ1) is 5.38. The van der Waals surface area contributed by atoms with Gasteiger partial charge in [0.1, 0.15) is 0 Å². The largest absolute Gasteiger partial charge is 0.103 e. The van der Waals surface area contributed by atoms with Crippen LogP contribution in [0.1, 0.15) is 19.8 Å². The van der Waals surface area contributed by atoms with Gasteiger partial charge in [-0.3, -0.25) is 0 Å². The third kappa shape index (κ3) is 2.07. The lowest BCUT2D eigenvalue weighted by molar-refractivity contribution is 0.465. The van der Waals surface area contributed by atoms with E-state index < -0.39 is 0 Å². The van der Waals surface area contributed by atoms with Gasteiger partial charge < -0.3 is 0 Å². The molecule has 60 valence electrons. The van der Waals surface area contributed by atoms with Gasteiger partial charge in [-0.05, 0) is 31.6 Å². The highest BCUT2D eigenvalue weighted by Gasteiger charge is 2.15. The Bertz CT molecular complexity index is 174. The lowest BCUT2D eigenvalue weighted by atomic mass is 9.83. The average molecular weight is 148 g/mol. The third-order valence-electron chi connectivity index (χ3n) is 2.28. The smallest absolute Gasteiger partial charge is 0.0133 e. The van der Waals surface area contributed by atoms with Gasteiger partial charge in [0.05, 0.1) is 0 Å². The molecule has 0 aromatic carbocycles. The van der Waals surface area contributed by atoms with Crippen LogP contribution < -0.4 is 0 Å². The average Bonchev–Trinajstić information content (AvgIpc) is 2.06. The topological polar surface area (TPSA) is 0 Å². The molecule has 0 amide bonds. The Balaban J connectivity index is 2.60. The fourth-order valence-electron chi connectivity index (χ4n) is 1.60. The van der Waals surface area contributed by atoms with Crippen LogP contribution in [0.2, 0.25) is 0 Å². The molecule has 11 heavy (non-hydrogen) atoms. The van der Waals surface area contributed by atoms with E-state index in [-0.39, 0.29) is 0 Å². The fourth-order valence-corrected chi connectivity index (χ4v) is 1.60. The zero-order valence-electron chi connectivity index (χ0n) is 7.16. The molecule has 1 rings (SSSR count). The van der Waals surface area contributed by atoms with Gasteiger partial charge in [-0.15, -0.1) is 6.58 Å². The Labute approximate surface area is 69.3 Å². The Morgan fingerprint density at radius 1 is 1.27 bits per heavy atom. The first kappa shape index (κ1) is 8.32. The zero-order chi connectivity index (χ0) is 8.10. The van der Waals surface area contributed by atoms with Crippen LogP contribution in [-0.2, 0) is 0 Å². The van der Waals surface area contributed by atoms with Gasteiger partial charge >= 0.3 is 0 Å². The lowest BCUT2D eigenvalue weighted by Gasteiger charge is -2.22. The summed E-state index contributed by atoms with van der Waals surface area (Å²) in [5.41, 5.74) is 0. The Kier molecular flexibility index (Phi) is 3.15. The molecule has 0 heterocycles. The van der Waals surface area contributed by atoms with Gasteiger partial charge in [0, 0.05) is 0 Å². The molecule has 0 nitrogen and oxygen atoms in total. The van der Waals surface area contributed by atoms with E-state index >= 15 is 0 Å². The van der Waals surface area contributed by atoms with Gasteiger partial charge in [-0.25, -0.2) is 0 Å². The minimum Gasteiger partial charge on any atom is -0.103 e. The van der Waals surface area contributed by atoms with Crippen molar-refractivity contribution in [3.05, 3.63) is 37.0 Å². The summed E-state index contributed by atoms with van der Waals surface area (Å²) in [6, 6.07) is 0. The van der Waals surface area contributed by atoms with Crippen LogP contribution in [0.25, 0.3) is 0 Å². The van der Waals surface area contributed by atoms with Crippen LogP contribution >= 0.6 is 0 Å². The molecule has 0 spiro atoms. The SMILES string of the molecule is C=CC1CC=CCC1/C=C/C. The monoisotopic (exact) mass is 148 g/mol. The molecule has 0 aromatic rings. The van der Waals surface area contributed by atoms with E-state index in [1.54, 1.807) is 0 Å². The van der Waals surface area contributed by atoms with E-state index in [9.17, 15) is 0 Å². The molecule has 0 saturated heterocycles. The van der Waals surface area contributed by atoms with E-state index in [0.717, 1.165) is 0 Å². The molecule has 0 aromatic heterocycles. The highest BCUT2D eigenvalue weighted by Crippen LogP contribution is 2.27. The zero-order valence-corrected chi connectivity index (χ0v) is 7.16. The molecule has 0 saturated carbocycles. The maximum Gasteiger partial charge on any atom is -0.0133 e. The van der Waals surface area contributed by atoms with Gasteiger partial charge in [-0.1, -0.05) is 30.4 Å². The van der Waals surface area contributed by atoms with Crippen molar-refractivity contribution in [2.24, 2.45) is 11.8 Å². The second-order valence-corrected chi connectivity index (χ2v) is 3.03. The summed E-state index contributed by atoms with van der Waals surface area (Å²) >= 11 is 0. The van der Waals surface area contributed by atoms with E-state index in [1.807, 2.05) is 0 Å². The molecular formula is C11H16. The maximum atomic E-state index is 3.85. The van der Waals surface area contributed by atoms with Crippen molar-refractivity contribution >= 4 is 0 Å². The standard InChI is InChI=1S/C11H16/c1-3-7-11-9-6-5-8-10(11)4-2/h3-7,10-11H,2,8-9H2,1H3/b7-3+. The molecule has 0 fully saturated rings. The predicted molar refractivity (Wildman–Crippen MR) is 50.4 cm³/mol. The molecule has 1 aliphatic carbocycles. The van der Waals surface area contributed by atoms with E-state index in [4.69, 9.17) is 0 Å². The van der Waals surface area contributed by atoms with E-state index in [0.29, 0.717) is 11.8 Å². The quantitative estimate of drug-likeness (QED) is 0.527. The summed E-state index contributed by atoms with van der Waals surface area (Å²) in [4.78, 5) is 0. The molecule has 2 unspecified atom stereocenters. The van der Waals surface area contributed by atoms with Crippen molar-refractivity contribution in [2.45, 2.75) is 19.8 Å². The molecular weight excluding hydrogens is 132 g/mol. The van der Waals surface area contributed by atoms with Crippen LogP contribution in [0.5, 0.6) is 0 Å². The molecule has 0 radical (unpaired) electrons. The summed E-state index contributed by atoms with van der Waals surface area (Å²) in [7, 11) is 0. The molecule has 0 bridgehead atoms. The minimum absolute atomic E-state index is 0.663. The summed E-state index contributed by atoms with van der Waals surface area (Å²) in [6.45, 7) is 5.93. The lowest BCUT2D eigenvalue weighted by Crippen LogP contribution is -2.11. The van der Waals surface area contributed by atoms with Crippen molar-refractivity contribution < 1.29 is 0 Å². The van der Waals surface area contributed by atoms with Crippen LogP contribution in [0, 0.1) is 11.8 Å². The predicted octanol–water partition coefficient (Wildman–Crippen LogP) is 3.33. The highest BCUT2D eigenvalue weighted by atomic mass is 14.2. The van der Waals surface area contributed by atoms with Crippen LogP contribution in [0.4, 0.5) is 0 Å². The Morgan fingerprint density at radius 3 is 2.45 bits per heavy atom. The summed E-state index contributed by atoms with van der Waals surface area (Å²) in [5, 5.41) is 0. The number of allylic oxidation sites excluding steroid dienone is 5. The summed E-state index contributed by atoms with van der Waals surface area (Å²) < 4.78 is 0. The molecule has 0 heteroatoms. The molecule has 0 N–H and O–H groups in total. The van der Waals surface area contributed by atoms with Gasteiger partial charge in [0.25, 0.3) is 0 Å². The van der Waals surface area contributed by atoms with Crippen LogP contribution in [-0.4, -0.2) is 0 Å². The molecule has 2 atom stereocenters. The number of hydrogen-bond donors (Lipinski definition) is 0. The summed E-state index contributed by atoms with van der Waals surface area (Å²) in [5.74, 6) is 1.36. The fraction of sp³-hybridized carbons (Fsp3) is 0.455. The normalized spacial score (nSPS) is 31.0. The number of hydrogen-bond acceptors (Lipinski definition) is 0. The molecule has 0 aliphatic heterocycles. The van der Waals surface area contributed by atoms with Crippen LogP contribution in [0.3, 0.4) is 0 Å². The minimum atomic E-state index is 0.663. The highest BCUT2D eigenvalue weighted by molar-refractivity contribution is 5.06. The number of rotatable bonds is 2. The second kappa shape index (κ2) is 4.17. The van der Waals surface area contributed by atoms with E-state index in [1.165, 1.54) is 12.8 Å². The van der Waals surface area contributed by atoms with Crippen molar-refractivity contribution in [3.63, 3.8) is 0 Å². The first-order valence-corrected chi connectivity index (χ1v) is 4.29. The second-order valence-electron chi connectivity index (χ2n) is 3.03. The van der Waals surface area contributed by atoms with Crippen LogP contribution in [0.15, 0.2) is 37.0 Å². The third-order valence-corrected chi connectivity index (χ3v) is 2.28. The Hall–Kier alpha value is -0.780. The van der Waals surface area contributed by atoms with E-state index in [2.05, 4.69) is 43.9 Å². The van der Waals surface area contributed by atoms with Crippen molar-refractivity contribution in [3.8, 4) is 0 Å². The van der Waals surface area contributed by atoms with Crippen molar-refractivity contribution in [2.75, 3.05) is 0 Å². The van der Waals surface area contributed by atoms with Gasteiger partial charge in [0.2, 0.25) is 0 Å². The van der Waals surface area contributed by atoms with Gasteiger partial charge in [0.15, 0.2) is 0 Å². The summed E-state index contributed by atoms with van der Waals surface area (Å²) in [6.07, 6.45) is 13.4. The Morgan fingerprint density at radius 2 is 1.91 bits per heavy atom. The van der Waals surface area contributed by atoms with Crippen molar-refractivity contribution in [1.82, 2.24) is 0 Å². The maximum absolute atomic E-state index is 3.85. The first-order valence-electron chi connectivity index (χ1n) is 4.29. The van der Waals surface area contributed by atoms with Crippen molar-refractivity contribution in [1.29, 1.82) is 0 Å². The van der Waals surface area contributed by atoms with Gasteiger partial charge in [-0.2, -0.15) is 0 Å². The molecule has 1 aliphatic rings.